The zero-order valence-corrected chi connectivity index (χ0v) is 5.22. The van der Waals surface area contributed by atoms with Gasteiger partial charge in [-0.15, -0.1) is 0 Å². The third kappa shape index (κ3) is 5.08. The summed E-state index contributed by atoms with van der Waals surface area (Å²) in [4.78, 5) is 4.71. The van der Waals surface area contributed by atoms with E-state index in [1.165, 1.54) is 0 Å². The van der Waals surface area contributed by atoms with Crippen LogP contribution in [0.3, 0.4) is 0 Å². The number of allylic oxidation sites excluding steroid dienone is 2. The molecule has 0 fully saturated rings. The van der Waals surface area contributed by atoms with Gasteiger partial charge in [-0.2, -0.15) is 0 Å². The molecule has 1 N–H and O–H groups in total. The number of hydrogen-bond donors (Lipinski definition) is 1. The zero-order valence-electron chi connectivity index (χ0n) is 5.22. The monoisotopic (exact) mass is 113 g/mol. The van der Waals surface area contributed by atoms with Gasteiger partial charge in [0.15, 0.2) is 0 Å². The third-order valence-corrected chi connectivity index (χ3v) is 0.507. The minimum Gasteiger partial charge on any atom is -0.391 e. The summed E-state index contributed by atoms with van der Waals surface area (Å²) in [6, 6.07) is 0. The number of hydrogen-bond acceptors (Lipinski definition) is 2. The summed E-state index contributed by atoms with van der Waals surface area (Å²) in [5.74, 6) is 0. The van der Waals surface area contributed by atoms with Gasteiger partial charge in [0, 0.05) is 6.20 Å². The van der Waals surface area contributed by atoms with Crippen LogP contribution < -0.4 is 5.48 Å². The largest absolute Gasteiger partial charge is 0.391 e. The van der Waals surface area contributed by atoms with Crippen LogP contribution in [0, 0.1) is 0 Å². The van der Waals surface area contributed by atoms with Crippen LogP contribution in [0.2, 0.25) is 0 Å². The lowest BCUT2D eigenvalue weighted by molar-refractivity contribution is 0.175. The lowest BCUT2D eigenvalue weighted by Gasteiger charge is -1.93. The van der Waals surface area contributed by atoms with Crippen molar-refractivity contribution >= 4 is 0 Å². The Morgan fingerprint density at radius 2 is 2.00 bits per heavy atom. The lowest BCUT2D eigenvalue weighted by Crippen LogP contribution is -1.98. The van der Waals surface area contributed by atoms with Gasteiger partial charge >= 0.3 is 0 Å². The summed E-state index contributed by atoms with van der Waals surface area (Å²) in [7, 11) is 0. The first-order valence-electron chi connectivity index (χ1n) is 2.55. The van der Waals surface area contributed by atoms with Crippen molar-refractivity contribution in [3.63, 3.8) is 0 Å². The lowest BCUT2D eigenvalue weighted by atomic mass is 10.7. The van der Waals surface area contributed by atoms with E-state index in [0.29, 0.717) is 0 Å². The zero-order chi connectivity index (χ0) is 6.24. The molecule has 0 heterocycles. The quantitative estimate of drug-likeness (QED) is 0.341. The standard InChI is InChI=1S/C6H11NO/c1-3-5-7-8-6-4-2/h3-7H,1-2H3/b5-3-,6-4-. The van der Waals surface area contributed by atoms with Gasteiger partial charge in [0.1, 0.15) is 6.26 Å². The van der Waals surface area contributed by atoms with E-state index >= 15 is 0 Å². The smallest absolute Gasteiger partial charge is 0.114 e. The maximum absolute atomic E-state index is 4.71. The van der Waals surface area contributed by atoms with E-state index in [1.807, 2.05) is 19.9 Å². The average molecular weight is 113 g/mol. The molecule has 0 spiro atoms. The summed E-state index contributed by atoms with van der Waals surface area (Å²) < 4.78 is 0. The van der Waals surface area contributed by atoms with Crippen molar-refractivity contribution in [3.8, 4) is 0 Å². The molecular formula is C6H11NO. The van der Waals surface area contributed by atoms with E-state index in [9.17, 15) is 0 Å². The average Bonchev–Trinajstić information content (AvgIpc) is 1.81. The normalized spacial score (nSPS) is 10.8. The van der Waals surface area contributed by atoms with E-state index in [2.05, 4.69) is 5.48 Å². The Morgan fingerprint density at radius 1 is 1.25 bits per heavy atom. The molecule has 0 atom stereocenters. The second kappa shape index (κ2) is 6.08. The van der Waals surface area contributed by atoms with Crippen LogP contribution >= 0.6 is 0 Å². The van der Waals surface area contributed by atoms with Crippen molar-refractivity contribution in [2.75, 3.05) is 0 Å². The van der Waals surface area contributed by atoms with Crippen LogP contribution in [0.25, 0.3) is 0 Å². The van der Waals surface area contributed by atoms with Gasteiger partial charge in [-0.3, -0.25) is 0 Å². The van der Waals surface area contributed by atoms with Crippen molar-refractivity contribution in [1.82, 2.24) is 5.48 Å². The molecule has 0 aromatic heterocycles. The van der Waals surface area contributed by atoms with Gasteiger partial charge in [0.05, 0.1) is 0 Å². The van der Waals surface area contributed by atoms with Crippen LogP contribution in [0.5, 0.6) is 0 Å². The number of rotatable bonds is 3. The van der Waals surface area contributed by atoms with Gasteiger partial charge in [0.2, 0.25) is 0 Å². The summed E-state index contributed by atoms with van der Waals surface area (Å²) in [5.41, 5.74) is 2.57. The summed E-state index contributed by atoms with van der Waals surface area (Å²) in [5, 5.41) is 0. The molecule has 0 aliphatic carbocycles. The summed E-state index contributed by atoms with van der Waals surface area (Å²) >= 11 is 0. The van der Waals surface area contributed by atoms with Crippen LogP contribution in [-0.2, 0) is 4.84 Å². The Morgan fingerprint density at radius 3 is 2.50 bits per heavy atom. The first kappa shape index (κ1) is 7.08. The van der Waals surface area contributed by atoms with Crippen LogP contribution in [0.4, 0.5) is 0 Å². The Labute approximate surface area is 49.8 Å². The fourth-order valence-corrected chi connectivity index (χ4v) is 0.215. The fourth-order valence-electron chi connectivity index (χ4n) is 0.215. The third-order valence-electron chi connectivity index (χ3n) is 0.507. The molecule has 2 heteroatoms. The van der Waals surface area contributed by atoms with E-state index in [0.717, 1.165) is 0 Å². The van der Waals surface area contributed by atoms with E-state index < -0.39 is 0 Å². The first-order valence-corrected chi connectivity index (χ1v) is 2.55. The molecule has 2 nitrogen and oxygen atoms in total. The van der Waals surface area contributed by atoms with Crippen molar-refractivity contribution in [1.29, 1.82) is 0 Å². The van der Waals surface area contributed by atoms with E-state index in [4.69, 9.17) is 4.84 Å². The van der Waals surface area contributed by atoms with Crippen LogP contribution in [0.15, 0.2) is 24.6 Å². The maximum Gasteiger partial charge on any atom is 0.114 e. The molecule has 0 rings (SSSR count). The highest BCUT2D eigenvalue weighted by atomic mass is 16.6. The van der Waals surface area contributed by atoms with Crippen molar-refractivity contribution in [3.05, 3.63) is 24.6 Å². The van der Waals surface area contributed by atoms with Crippen LogP contribution in [-0.4, -0.2) is 0 Å². The molecule has 0 aromatic rings. The summed E-state index contributed by atoms with van der Waals surface area (Å²) in [6.07, 6.45) is 6.93. The molecule has 0 amide bonds. The highest BCUT2D eigenvalue weighted by molar-refractivity contribution is 4.71. The van der Waals surface area contributed by atoms with Crippen molar-refractivity contribution in [2.24, 2.45) is 0 Å². The highest BCUT2D eigenvalue weighted by Gasteiger charge is 1.62. The minimum atomic E-state index is 1.57. The number of hydroxylamine groups is 1. The molecule has 0 bridgehead atoms. The van der Waals surface area contributed by atoms with Gasteiger partial charge in [-0.25, -0.2) is 5.48 Å². The van der Waals surface area contributed by atoms with Gasteiger partial charge in [-0.05, 0) is 19.9 Å². The van der Waals surface area contributed by atoms with E-state index in [-0.39, 0.29) is 0 Å². The molecule has 0 aromatic carbocycles. The molecular weight excluding hydrogens is 102 g/mol. The Hall–Kier alpha value is -0.920. The fraction of sp³-hybridized carbons (Fsp3) is 0.333. The molecule has 0 saturated heterocycles. The predicted octanol–water partition coefficient (Wildman–Crippen LogP) is 1.57. The van der Waals surface area contributed by atoms with Gasteiger partial charge in [0.25, 0.3) is 0 Å². The van der Waals surface area contributed by atoms with Crippen molar-refractivity contribution < 1.29 is 4.84 Å². The molecule has 0 aliphatic rings. The maximum atomic E-state index is 4.71. The Kier molecular flexibility index (Phi) is 5.38. The van der Waals surface area contributed by atoms with E-state index in [1.54, 1.807) is 18.5 Å². The second-order valence-electron chi connectivity index (χ2n) is 1.21. The molecule has 0 saturated carbocycles. The molecule has 46 valence electrons. The van der Waals surface area contributed by atoms with Crippen LogP contribution in [0.1, 0.15) is 13.8 Å². The predicted molar refractivity (Wildman–Crippen MR) is 33.8 cm³/mol. The molecule has 8 heavy (non-hydrogen) atoms. The molecule has 0 radical (unpaired) electrons. The first-order chi connectivity index (χ1) is 3.91. The molecule has 0 unspecified atom stereocenters. The Bertz CT molecular complexity index is 74.5. The van der Waals surface area contributed by atoms with Gasteiger partial charge in [-0.1, -0.05) is 6.08 Å². The highest BCUT2D eigenvalue weighted by Crippen LogP contribution is 1.69. The minimum absolute atomic E-state index is 1.57. The Balaban J connectivity index is 2.93. The number of nitrogens with one attached hydrogen (secondary N) is 1. The SMILES string of the molecule is C/C=C\NO/C=C\C. The topological polar surface area (TPSA) is 21.3 Å². The molecule has 0 aliphatic heterocycles. The summed E-state index contributed by atoms with van der Waals surface area (Å²) in [6.45, 7) is 3.80. The van der Waals surface area contributed by atoms with Gasteiger partial charge < -0.3 is 4.84 Å². The second-order valence-corrected chi connectivity index (χ2v) is 1.21. The van der Waals surface area contributed by atoms with Crippen molar-refractivity contribution in [2.45, 2.75) is 13.8 Å².